The van der Waals surface area contributed by atoms with Crippen LogP contribution in [0.2, 0.25) is 0 Å². The summed E-state index contributed by atoms with van der Waals surface area (Å²) in [4.78, 5) is 10.7. The highest BCUT2D eigenvalue weighted by Crippen LogP contribution is 2.01. The van der Waals surface area contributed by atoms with Gasteiger partial charge in [-0.05, 0) is 13.0 Å². The van der Waals surface area contributed by atoms with Gasteiger partial charge in [0.05, 0.1) is 0 Å². The van der Waals surface area contributed by atoms with Gasteiger partial charge in [-0.25, -0.2) is 0 Å². The topological polar surface area (TPSA) is 41.1 Å². The lowest BCUT2D eigenvalue weighted by molar-refractivity contribution is -0.122. The van der Waals surface area contributed by atoms with Crippen LogP contribution >= 0.6 is 12.4 Å². The Morgan fingerprint density at radius 2 is 2.45 bits per heavy atom. The highest BCUT2D eigenvalue weighted by Gasteiger charge is 2.15. The standard InChI is InChI=1S/C7H14N2O.ClH/c1-2-8-6-3-4-7(10)9-5-6;/h6,8H,2-5H2,1H3,(H,9,10);1H. The molecule has 1 unspecified atom stereocenters. The van der Waals surface area contributed by atoms with E-state index >= 15 is 0 Å². The molecular weight excluding hydrogens is 164 g/mol. The summed E-state index contributed by atoms with van der Waals surface area (Å²) < 4.78 is 0. The predicted molar refractivity (Wildman–Crippen MR) is 47.0 cm³/mol. The molecule has 0 aromatic carbocycles. The maximum atomic E-state index is 10.7. The van der Waals surface area contributed by atoms with Crippen molar-refractivity contribution in [1.29, 1.82) is 0 Å². The van der Waals surface area contributed by atoms with Gasteiger partial charge < -0.3 is 10.6 Å². The zero-order valence-electron chi connectivity index (χ0n) is 6.72. The molecule has 1 rings (SSSR count). The van der Waals surface area contributed by atoms with Crippen LogP contribution in [0.3, 0.4) is 0 Å². The lowest BCUT2D eigenvalue weighted by Gasteiger charge is -2.22. The summed E-state index contributed by atoms with van der Waals surface area (Å²) in [6.45, 7) is 3.86. The van der Waals surface area contributed by atoms with Gasteiger partial charge in [-0.2, -0.15) is 0 Å². The van der Waals surface area contributed by atoms with E-state index in [0.717, 1.165) is 19.5 Å². The Kier molecular flexibility index (Phi) is 5.24. The van der Waals surface area contributed by atoms with Gasteiger partial charge in [0.1, 0.15) is 0 Å². The molecule has 0 aromatic rings. The van der Waals surface area contributed by atoms with E-state index in [2.05, 4.69) is 17.6 Å². The van der Waals surface area contributed by atoms with E-state index in [4.69, 9.17) is 0 Å². The number of likely N-dealkylation sites (N-methyl/N-ethyl adjacent to an activating group) is 1. The molecule has 0 saturated carbocycles. The summed E-state index contributed by atoms with van der Waals surface area (Å²) in [6.07, 6.45) is 1.66. The molecule has 4 heteroatoms. The van der Waals surface area contributed by atoms with Gasteiger partial charge in [0.25, 0.3) is 0 Å². The van der Waals surface area contributed by atoms with Gasteiger partial charge in [0, 0.05) is 19.0 Å². The summed E-state index contributed by atoms with van der Waals surface area (Å²) in [6, 6.07) is 0.502. The van der Waals surface area contributed by atoms with Gasteiger partial charge in [-0.3, -0.25) is 4.79 Å². The third-order valence-corrected chi connectivity index (χ3v) is 1.76. The molecule has 0 bridgehead atoms. The molecule has 2 N–H and O–H groups in total. The summed E-state index contributed by atoms with van der Waals surface area (Å²) >= 11 is 0. The first-order valence-electron chi connectivity index (χ1n) is 3.83. The minimum absolute atomic E-state index is 0. The number of carbonyl (C=O) groups excluding carboxylic acids is 1. The second kappa shape index (κ2) is 5.38. The monoisotopic (exact) mass is 178 g/mol. The van der Waals surface area contributed by atoms with Crippen LogP contribution in [0, 0.1) is 0 Å². The van der Waals surface area contributed by atoms with Crippen LogP contribution in [0.25, 0.3) is 0 Å². The minimum atomic E-state index is 0. The van der Waals surface area contributed by atoms with E-state index in [0.29, 0.717) is 12.5 Å². The zero-order valence-corrected chi connectivity index (χ0v) is 7.54. The first-order valence-corrected chi connectivity index (χ1v) is 3.83. The van der Waals surface area contributed by atoms with Crippen molar-refractivity contribution in [3.63, 3.8) is 0 Å². The average molecular weight is 179 g/mol. The molecule has 1 aliphatic rings. The maximum Gasteiger partial charge on any atom is 0.220 e. The number of carbonyl (C=O) groups is 1. The van der Waals surface area contributed by atoms with Crippen molar-refractivity contribution in [2.45, 2.75) is 25.8 Å². The zero-order chi connectivity index (χ0) is 7.40. The van der Waals surface area contributed by atoms with Gasteiger partial charge in [-0.1, -0.05) is 6.92 Å². The molecule has 1 saturated heterocycles. The molecule has 11 heavy (non-hydrogen) atoms. The number of rotatable bonds is 2. The van der Waals surface area contributed by atoms with E-state index in [1.165, 1.54) is 0 Å². The van der Waals surface area contributed by atoms with Crippen LogP contribution in [-0.2, 0) is 4.79 Å². The number of halogens is 1. The first-order chi connectivity index (χ1) is 4.83. The Hall–Kier alpha value is -0.280. The van der Waals surface area contributed by atoms with Crippen molar-refractivity contribution >= 4 is 18.3 Å². The predicted octanol–water partition coefficient (Wildman–Crippen LogP) is 0.296. The molecule has 0 aromatic heterocycles. The van der Waals surface area contributed by atoms with Crippen LogP contribution in [0.1, 0.15) is 19.8 Å². The molecule has 1 amide bonds. The number of piperidine rings is 1. The van der Waals surface area contributed by atoms with Crippen molar-refractivity contribution in [2.24, 2.45) is 0 Å². The van der Waals surface area contributed by atoms with Crippen molar-refractivity contribution in [3.05, 3.63) is 0 Å². The minimum Gasteiger partial charge on any atom is -0.355 e. The second-order valence-electron chi connectivity index (χ2n) is 2.60. The van der Waals surface area contributed by atoms with E-state index in [1.807, 2.05) is 0 Å². The lowest BCUT2D eigenvalue weighted by atomic mass is 10.1. The fourth-order valence-corrected chi connectivity index (χ4v) is 1.20. The van der Waals surface area contributed by atoms with E-state index in [1.54, 1.807) is 0 Å². The van der Waals surface area contributed by atoms with Crippen LogP contribution in [0.5, 0.6) is 0 Å². The summed E-state index contributed by atoms with van der Waals surface area (Å²) in [5.74, 6) is 0.189. The molecular formula is C7H15ClN2O. The highest BCUT2D eigenvalue weighted by atomic mass is 35.5. The summed E-state index contributed by atoms with van der Waals surface area (Å²) in [5.41, 5.74) is 0. The lowest BCUT2D eigenvalue weighted by Crippen LogP contribution is -2.45. The van der Waals surface area contributed by atoms with Crippen molar-refractivity contribution in [1.82, 2.24) is 10.6 Å². The van der Waals surface area contributed by atoms with E-state index in [-0.39, 0.29) is 18.3 Å². The number of hydrogen-bond acceptors (Lipinski definition) is 2. The third-order valence-electron chi connectivity index (χ3n) is 1.76. The Balaban J connectivity index is 0.000001000. The average Bonchev–Trinajstić information content (AvgIpc) is 1.95. The Bertz CT molecular complexity index is 120. The van der Waals surface area contributed by atoms with Gasteiger partial charge in [-0.15, -0.1) is 12.4 Å². The molecule has 66 valence electrons. The van der Waals surface area contributed by atoms with Crippen molar-refractivity contribution in [2.75, 3.05) is 13.1 Å². The van der Waals surface area contributed by atoms with Crippen molar-refractivity contribution < 1.29 is 4.79 Å². The molecule has 1 heterocycles. The van der Waals surface area contributed by atoms with E-state index in [9.17, 15) is 4.79 Å². The second-order valence-corrected chi connectivity index (χ2v) is 2.60. The van der Waals surface area contributed by atoms with Crippen LogP contribution < -0.4 is 10.6 Å². The summed E-state index contributed by atoms with van der Waals surface area (Å²) in [7, 11) is 0. The Labute approximate surface area is 73.3 Å². The molecule has 1 fully saturated rings. The molecule has 1 aliphatic heterocycles. The Morgan fingerprint density at radius 1 is 1.73 bits per heavy atom. The number of nitrogens with one attached hydrogen (secondary N) is 2. The van der Waals surface area contributed by atoms with E-state index < -0.39 is 0 Å². The SMILES string of the molecule is CCNC1CCC(=O)NC1.Cl. The molecule has 0 aliphatic carbocycles. The van der Waals surface area contributed by atoms with Gasteiger partial charge in [0.15, 0.2) is 0 Å². The molecule has 3 nitrogen and oxygen atoms in total. The normalized spacial score (nSPS) is 23.7. The van der Waals surface area contributed by atoms with Crippen molar-refractivity contribution in [3.8, 4) is 0 Å². The maximum absolute atomic E-state index is 10.7. The quantitative estimate of drug-likeness (QED) is 0.639. The van der Waals surface area contributed by atoms with Gasteiger partial charge >= 0.3 is 0 Å². The fraction of sp³-hybridized carbons (Fsp3) is 0.857. The van der Waals surface area contributed by atoms with Gasteiger partial charge in [0.2, 0.25) is 5.91 Å². The number of hydrogen-bond donors (Lipinski definition) is 2. The smallest absolute Gasteiger partial charge is 0.220 e. The summed E-state index contributed by atoms with van der Waals surface area (Å²) in [5, 5.41) is 6.11. The largest absolute Gasteiger partial charge is 0.355 e. The van der Waals surface area contributed by atoms with Crippen LogP contribution in [0.4, 0.5) is 0 Å². The molecule has 0 spiro atoms. The molecule has 1 atom stereocenters. The number of amides is 1. The fourth-order valence-electron chi connectivity index (χ4n) is 1.20. The van der Waals surface area contributed by atoms with Crippen LogP contribution in [-0.4, -0.2) is 25.0 Å². The first kappa shape index (κ1) is 10.7. The van der Waals surface area contributed by atoms with Crippen LogP contribution in [0.15, 0.2) is 0 Å². The molecule has 0 radical (unpaired) electrons. The third kappa shape index (κ3) is 3.58. The Morgan fingerprint density at radius 3 is 2.91 bits per heavy atom. The highest BCUT2D eigenvalue weighted by molar-refractivity contribution is 5.85.